The van der Waals surface area contributed by atoms with Crippen molar-refractivity contribution in [1.29, 1.82) is 0 Å². The molecule has 1 aliphatic heterocycles. The van der Waals surface area contributed by atoms with Crippen molar-refractivity contribution in [3.8, 4) is 0 Å². The Labute approximate surface area is 92.4 Å². The van der Waals surface area contributed by atoms with Crippen LogP contribution in [-0.4, -0.2) is 48.0 Å². The van der Waals surface area contributed by atoms with Crippen LogP contribution in [0.2, 0.25) is 0 Å². The monoisotopic (exact) mass is 213 g/mol. The summed E-state index contributed by atoms with van der Waals surface area (Å²) in [6.07, 6.45) is 6.25. The Morgan fingerprint density at radius 1 is 1.40 bits per heavy atom. The zero-order valence-corrected chi connectivity index (χ0v) is 9.91. The zero-order chi connectivity index (χ0) is 10.9. The number of hydrogen-bond donors (Lipinski definition) is 1. The number of methoxy groups -OCH3 is 1. The van der Waals surface area contributed by atoms with Crippen LogP contribution in [0, 0.1) is 0 Å². The Balaban J connectivity index is 1.88. The highest BCUT2D eigenvalue weighted by Gasteiger charge is 2.36. The van der Waals surface area contributed by atoms with Gasteiger partial charge in [0.2, 0.25) is 0 Å². The van der Waals surface area contributed by atoms with E-state index < -0.39 is 5.60 Å². The van der Waals surface area contributed by atoms with Gasteiger partial charge in [0.1, 0.15) is 0 Å². The molecular weight excluding hydrogens is 190 g/mol. The molecule has 88 valence electrons. The maximum Gasteiger partial charge on any atom is 0.0758 e. The van der Waals surface area contributed by atoms with Crippen molar-refractivity contribution >= 4 is 0 Å². The summed E-state index contributed by atoms with van der Waals surface area (Å²) >= 11 is 0. The predicted molar refractivity (Wildman–Crippen MR) is 59.9 cm³/mol. The lowest BCUT2D eigenvalue weighted by Crippen LogP contribution is -2.41. The van der Waals surface area contributed by atoms with Crippen LogP contribution in [0.3, 0.4) is 0 Å². The van der Waals surface area contributed by atoms with E-state index in [4.69, 9.17) is 4.74 Å². The van der Waals surface area contributed by atoms with Crippen molar-refractivity contribution in [2.45, 2.75) is 56.8 Å². The molecule has 1 saturated carbocycles. The van der Waals surface area contributed by atoms with Crippen molar-refractivity contribution in [2.24, 2.45) is 0 Å². The Kier molecular flexibility index (Phi) is 3.33. The third-order valence-electron chi connectivity index (χ3n) is 3.93. The van der Waals surface area contributed by atoms with Crippen molar-refractivity contribution in [3.05, 3.63) is 0 Å². The Morgan fingerprint density at radius 3 is 2.80 bits per heavy atom. The zero-order valence-electron chi connectivity index (χ0n) is 9.91. The first kappa shape index (κ1) is 11.4. The van der Waals surface area contributed by atoms with Gasteiger partial charge in [0.15, 0.2) is 0 Å². The van der Waals surface area contributed by atoms with E-state index in [1.54, 1.807) is 0 Å². The van der Waals surface area contributed by atoms with E-state index in [-0.39, 0.29) is 0 Å². The summed E-state index contributed by atoms with van der Waals surface area (Å²) in [6.45, 7) is 3.84. The van der Waals surface area contributed by atoms with E-state index in [0.29, 0.717) is 12.1 Å². The first-order valence-corrected chi connectivity index (χ1v) is 6.10. The third-order valence-corrected chi connectivity index (χ3v) is 3.93. The molecule has 1 saturated heterocycles. The van der Waals surface area contributed by atoms with Gasteiger partial charge in [-0.15, -0.1) is 0 Å². The van der Waals surface area contributed by atoms with Crippen molar-refractivity contribution in [1.82, 2.24) is 4.90 Å². The van der Waals surface area contributed by atoms with E-state index in [1.807, 2.05) is 14.0 Å². The first-order chi connectivity index (χ1) is 7.11. The molecule has 3 unspecified atom stereocenters. The van der Waals surface area contributed by atoms with Crippen LogP contribution < -0.4 is 0 Å². The summed E-state index contributed by atoms with van der Waals surface area (Å²) in [5.74, 6) is 0. The van der Waals surface area contributed by atoms with Gasteiger partial charge in [-0.05, 0) is 39.0 Å². The van der Waals surface area contributed by atoms with Crippen molar-refractivity contribution in [2.75, 3.05) is 20.2 Å². The molecule has 15 heavy (non-hydrogen) atoms. The van der Waals surface area contributed by atoms with E-state index in [1.165, 1.54) is 19.3 Å². The molecule has 1 aliphatic carbocycles. The van der Waals surface area contributed by atoms with Crippen LogP contribution in [0.4, 0.5) is 0 Å². The van der Waals surface area contributed by atoms with Crippen LogP contribution in [0.1, 0.15) is 39.0 Å². The second-order valence-electron chi connectivity index (χ2n) is 5.40. The molecule has 0 spiro atoms. The summed E-state index contributed by atoms with van der Waals surface area (Å²) in [4.78, 5) is 2.45. The molecule has 0 amide bonds. The predicted octanol–water partition coefficient (Wildman–Crippen LogP) is 1.40. The molecule has 3 atom stereocenters. The SMILES string of the molecule is COC1CCCC(N2CCC(C)(O)C2)C1. The molecule has 3 heteroatoms. The Bertz CT molecular complexity index is 218. The molecule has 3 nitrogen and oxygen atoms in total. The molecule has 0 bridgehead atoms. The minimum atomic E-state index is -0.458. The van der Waals surface area contributed by atoms with E-state index >= 15 is 0 Å². The van der Waals surface area contributed by atoms with Gasteiger partial charge in [-0.25, -0.2) is 0 Å². The number of ether oxygens (including phenoxy) is 1. The molecule has 0 aromatic rings. The van der Waals surface area contributed by atoms with Crippen LogP contribution in [-0.2, 0) is 4.74 Å². The summed E-state index contributed by atoms with van der Waals surface area (Å²) in [5.41, 5.74) is -0.458. The maximum absolute atomic E-state index is 9.95. The van der Waals surface area contributed by atoms with Crippen LogP contribution in [0.5, 0.6) is 0 Å². The lowest BCUT2D eigenvalue weighted by Gasteiger charge is -2.35. The quantitative estimate of drug-likeness (QED) is 0.752. The van der Waals surface area contributed by atoms with Gasteiger partial charge >= 0.3 is 0 Å². The highest BCUT2D eigenvalue weighted by molar-refractivity contribution is 4.91. The highest BCUT2D eigenvalue weighted by atomic mass is 16.5. The Hall–Kier alpha value is -0.120. The summed E-state index contributed by atoms with van der Waals surface area (Å²) < 4.78 is 5.44. The van der Waals surface area contributed by atoms with E-state index in [9.17, 15) is 5.11 Å². The van der Waals surface area contributed by atoms with Gasteiger partial charge in [0, 0.05) is 26.2 Å². The van der Waals surface area contributed by atoms with Gasteiger partial charge < -0.3 is 9.84 Å². The smallest absolute Gasteiger partial charge is 0.0758 e. The van der Waals surface area contributed by atoms with Gasteiger partial charge in [0.05, 0.1) is 11.7 Å². The van der Waals surface area contributed by atoms with Crippen molar-refractivity contribution in [3.63, 3.8) is 0 Å². The lowest BCUT2D eigenvalue weighted by molar-refractivity contribution is 0.0199. The first-order valence-electron chi connectivity index (χ1n) is 6.10. The largest absolute Gasteiger partial charge is 0.389 e. The highest BCUT2D eigenvalue weighted by Crippen LogP contribution is 2.30. The molecule has 0 radical (unpaired) electrons. The van der Waals surface area contributed by atoms with Crippen LogP contribution in [0.25, 0.3) is 0 Å². The number of rotatable bonds is 2. The fourth-order valence-corrected chi connectivity index (χ4v) is 2.96. The number of nitrogens with zero attached hydrogens (tertiary/aromatic N) is 1. The molecule has 0 aromatic heterocycles. The maximum atomic E-state index is 9.95. The molecule has 0 aromatic carbocycles. The number of β-amino-alcohol motifs (C(OH)–C–C–N with tert-alkyl or cyclic N) is 1. The van der Waals surface area contributed by atoms with Gasteiger partial charge in [-0.3, -0.25) is 4.90 Å². The van der Waals surface area contributed by atoms with E-state index in [0.717, 1.165) is 25.9 Å². The number of hydrogen-bond acceptors (Lipinski definition) is 3. The molecule has 2 aliphatic rings. The molecule has 2 fully saturated rings. The summed E-state index contributed by atoms with van der Waals surface area (Å²) in [7, 11) is 1.81. The second-order valence-corrected chi connectivity index (χ2v) is 5.40. The minimum absolute atomic E-state index is 0.439. The van der Waals surface area contributed by atoms with E-state index in [2.05, 4.69) is 4.90 Å². The molecule has 2 rings (SSSR count). The van der Waals surface area contributed by atoms with Crippen LogP contribution >= 0.6 is 0 Å². The van der Waals surface area contributed by atoms with Gasteiger partial charge in [-0.1, -0.05) is 0 Å². The second kappa shape index (κ2) is 4.40. The fourth-order valence-electron chi connectivity index (χ4n) is 2.96. The molecule has 1 heterocycles. The number of aliphatic hydroxyl groups is 1. The third kappa shape index (κ3) is 2.71. The van der Waals surface area contributed by atoms with Crippen LogP contribution in [0.15, 0.2) is 0 Å². The average Bonchev–Trinajstić information content (AvgIpc) is 2.59. The minimum Gasteiger partial charge on any atom is -0.389 e. The molecular formula is C12H23NO2. The topological polar surface area (TPSA) is 32.7 Å². The van der Waals surface area contributed by atoms with Gasteiger partial charge in [-0.2, -0.15) is 0 Å². The van der Waals surface area contributed by atoms with Gasteiger partial charge in [0.25, 0.3) is 0 Å². The summed E-state index contributed by atoms with van der Waals surface area (Å²) in [5, 5.41) is 9.95. The standard InChI is InChI=1S/C12H23NO2/c1-12(14)6-7-13(9-12)10-4-3-5-11(8-10)15-2/h10-11,14H,3-9H2,1-2H3. The lowest BCUT2D eigenvalue weighted by atomic mass is 9.92. The average molecular weight is 213 g/mol. The fraction of sp³-hybridized carbons (Fsp3) is 1.00. The summed E-state index contributed by atoms with van der Waals surface area (Å²) in [6, 6.07) is 0.637. The normalized spacial score (nSPS) is 43.4. The Morgan fingerprint density at radius 2 is 2.20 bits per heavy atom. The van der Waals surface area contributed by atoms with Crippen molar-refractivity contribution < 1.29 is 9.84 Å². The number of likely N-dealkylation sites (tertiary alicyclic amines) is 1. The molecule has 1 N–H and O–H groups in total.